The van der Waals surface area contributed by atoms with E-state index in [0.29, 0.717) is 24.7 Å². The van der Waals surface area contributed by atoms with Crippen LogP contribution in [0.1, 0.15) is 23.4 Å². The first-order valence-corrected chi connectivity index (χ1v) is 8.70. The Morgan fingerprint density at radius 1 is 1.12 bits per heavy atom. The molecule has 3 heterocycles. The third-order valence-electron chi connectivity index (χ3n) is 4.66. The molecule has 1 aromatic carbocycles. The van der Waals surface area contributed by atoms with E-state index in [2.05, 4.69) is 10.3 Å². The van der Waals surface area contributed by atoms with Crippen molar-refractivity contribution in [3.8, 4) is 0 Å². The SMILES string of the molecule is O=C(Nc1ccc2ccccc2n1)[C@H]1CCCN(C(=O)c2ccco2)C1. The van der Waals surface area contributed by atoms with Crippen LogP contribution < -0.4 is 5.32 Å². The molecule has 132 valence electrons. The van der Waals surface area contributed by atoms with Crippen molar-refractivity contribution in [2.24, 2.45) is 5.92 Å². The standard InChI is InChI=1S/C20H19N3O3/c24-19(22-18-10-9-14-5-1-2-7-16(14)21-18)15-6-3-11-23(13-15)20(25)17-8-4-12-26-17/h1-2,4-5,7-10,12,15H,3,6,11,13H2,(H,21,22,24)/t15-/m0/s1. The van der Waals surface area contributed by atoms with E-state index < -0.39 is 0 Å². The van der Waals surface area contributed by atoms with Gasteiger partial charge < -0.3 is 14.6 Å². The summed E-state index contributed by atoms with van der Waals surface area (Å²) in [7, 11) is 0. The van der Waals surface area contributed by atoms with Crippen molar-refractivity contribution in [3.05, 3.63) is 60.6 Å². The van der Waals surface area contributed by atoms with Crippen LogP contribution in [0.15, 0.2) is 59.2 Å². The molecule has 1 saturated heterocycles. The molecule has 0 bridgehead atoms. The fraction of sp³-hybridized carbons (Fsp3) is 0.250. The monoisotopic (exact) mass is 349 g/mol. The highest BCUT2D eigenvalue weighted by Gasteiger charge is 2.30. The lowest BCUT2D eigenvalue weighted by Crippen LogP contribution is -2.43. The van der Waals surface area contributed by atoms with Crippen LogP contribution in [-0.4, -0.2) is 34.8 Å². The maximum absolute atomic E-state index is 12.6. The third-order valence-corrected chi connectivity index (χ3v) is 4.66. The first-order valence-electron chi connectivity index (χ1n) is 8.70. The molecule has 4 rings (SSSR count). The van der Waals surface area contributed by atoms with Crippen molar-refractivity contribution in [2.75, 3.05) is 18.4 Å². The van der Waals surface area contributed by atoms with Crippen molar-refractivity contribution >= 4 is 28.5 Å². The summed E-state index contributed by atoms with van der Waals surface area (Å²) in [5, 5.41) is 3.91. The Morgan fingerprint density at radius 2 is 2.00 bits per heavy atom. The van der Waals surface area contributed by atoms with Gasteiger partial charge in [0.05, 0.1) is 17.7 Å². The number of amides is 2. The highest BCUT2D eigenvalue weighted by molar-refractivity contribution is 5.95. The van der Waals surface area contributed by atoms with Gasteiger partial charge in [-0.25, -0.2) is 4.98 Å². The highest BCUT2D eigenvalue weighted by atomic mass is 16.3. The number of nitrogens with zero attached hydrogens (tertiary/aromatic N) is 2. The number of benzene rings is 1. The molecular weight excluding hydrogens is 330 g/mol. The quantitative estimate of drug-likeness (QED) is 0.787. The van der Waals surface area contributed by atoms with Gasteiger partial charge in [0.25, 0.3) is 5.91 Å². The molecule has 0 saturated carbocycles. The number of carbonyl (C=O) groups excluding carboxylic acids is 2. The lowest BCUT2D eigenvalue weighted by molar-refractivity contribution is -0.121. The molecular formula is C20H19N3O3. The summed E-state index contributed by atoms with van der Waals surface area (Å²) < 4.78 is 5.18. The molecule has 0 unspecified atom stereocenters. The Hall–Kier alpha value is -3.15. The predicted molar refractivity (Wildman–Crippen MR) is 97.7 cm³/mol. The molecule has 0 aliphatic carbocycles. The average Bonchev–Trinajstić information content (AvgIpc) is 3.22. The molecule has 2 aromatic heterocycles. The molecule has 1 aliphatic rings. The average molecular weight is 349 g/mol. The molecule has 26 heavy (non-hydrogen) atoms. The molecule has 1 N–H and O–H groups in total. The number of hydrogen-bond acceptors (Lipinski definition) is 4. The number of pyridine rings is 1. The number of piperidine rings is 1. The summed E-state index contributed by atoms with van der Waals surface area (Å²) in [4.78, 5) is 31.2. The summed E-state index contributed by atoms with van der Waals surface area (Å²) in [5.41, 5.74) is 0.837. The van der Waals surface area contributed by atoms with E-state index in [-0.39, 0.29) is 17.7 Å². The topological polar surface area (TPSA) is 75.4 Å². The van der Waals surface area contributed by atoms with E-state index in [1.54, 1.807) is 23.1 Å². The normalized spacial score (nSPS) is 17.2. The number of carbonyl (C=O) groups is 2. The second-order valence-electron chi connectivity index (χ2n) is 6.45. The maximum atomic E-state index is 12.6. The minimum atomic E-state index is -0.254. The maximum Gasteiger partial charge on any atom is 0.289 e. The van der Waals surface area contributed by atoms with E-state index in [1.807, 2.05) is 30.3 Å². The van der Waals surface area contributed by atoms with E-state index in [4.69, 9.17) is 4.42 Å². The van der Waals surface area contributed by atoms with Crippen LogP contribution >= 0.6 is 0 Å². The van der Waals surface area contributed by atoms with Gasteiger partial charge in [-0.05, 0) is 43.2 Å². The van der Waals surface area contributed by atoms with Gasteiger partial charge in [-0.3, -0.25) is 9.59 Å². The van der Waals surface area contributed by atoms with Crippen LogP contribution in [0.25, 0.3) is 10.9 Å². The van der Waals surface area contributed by atoms with Gasteiger partial charge >= 0.3 is 0 Å². The number of fused-ring (bicyclic) bond motifs is 1. The fourth-order valence-electron chi connectivity index (χ4n) is 3.30. The molecule has 1 fully saturated rings. The number of likely N-dealkylation sites (tertiary alicyclic amines) is 1. The predicted octanol–water partition coefficient (Wildman–Crippen LogP) is 3.32. The molecule has 2 amide bonds. The Bertz CT molecular complexity index is 936. The van der Waals surface area contributed by atoms with Crippen LogP contribution in [-0.2, 0) is 4.79 Å². The minimum Gasteiger partial charge on any atom is -0.459 e. The Balaban J connectivity index is 1.44. The lowest BCUT2D eigenvalue weighted by Gasteiger charge is -2.31. The molecule has 3 aromatic rings. The van der Waals surface area contributed by atoms with Crippen LogP contribution in [0.3, 0.4) is 0 Å². The van der Waals surface area contributed by atoms with E-state index in [9.17, 15) is 9.59 Å². The summed E-state index contributed by atoms with van der Waals surface area (Å²) in [5.74, 6) is 0.308. The van der Waals surface area contributed by atoms with Gasteiger partial charge in [0, 0.05) is 18.5 Å². The number of para-hydroxylation sites is 1. The highest BCUT2D eigenvalue weighted by Crippen LogP contribution is 2.21. The smallest absolute Gasteiger partial charge is 0.289 e. The first kappa shape index (κ1) is 16.3. The van der Waals surface area contributed by atoms with Gasteiger partial charge in [-0.2, -0.15) is 0 Å². The van der Waals surface area contributed by atoms with Crippen molar-refractivity contribution in [3.63, 3.8) is 0 Å². The van der Waals surface area contributed by atoms with Gasteiger partial charge in [0.2, 0.25) is 5.91 Å². The van der Waals surface area contributed by atoms with Crippen LogP contribution in [0.4, 0.5) is 5.82 Å². The zero-order chi connectivity index (χ0) is 17.9. The molecule has 0 radical (unpaired) electrons. The Morgan fingerprint density at radius 3 is 2.85 bits per heavy atom. The van der Waals surface area contributed by atoms with Crippen LogP contribution in [0, 0.1) is 5.92 Å². The zero-order valence-corrected chi connectivity index (χ0v) is 14.2. The summed E-state index contributed by atoms with van der Waals surface area (Å²) in [6.45, 7) is 1.02. The van der Waals surface area contributed by atoms with Gasteiger partial charge in [0.1, 0.15) is 5.82 Å². The molecule has 1 aliphatic heterocycles. The summed E-state index contributed by atoms with van der Waals surface area (Å²) in [6.07, 6.45) is 3.02. The fourth-order valence-corrected chi connectivity index (χ4v) is 3.30. The van der Waals surface area contributed by atoms with Crippen LogP contribution in [0.5, 0.6) is 0 Å². The van der Waals surface area contributed by atoms with Crippen molar-refractivity contribution in [1.82, 2.24) is 9.88 Å². The second kappa shape index (κ2) is 7.00. The summed E-state index contributed by atoms with van der Waals surface area (Å²) in [6, 6.07) is 14.8. The number of aromatic nitrogens is 1. The second-order valence-corrected chi connectivity index (χ2v) is 6.45. The number of furan rings is 1. The van der Waals surface area contributed by atoms with Crippen molar-refractivity contribution in [2.45, 2.75) is 12.8 Å². The van der Waals surface area contributed by atoms with Crippen molar-refractivity contribution < 1.29 is 14.0 Å². The lowest BCUT2D eigenvalue weighted by atomic mass is 9.97. The third kappa shape index (κ3) is 3.31. The molecule has 6 heteroatoms. The number of anilines is 1. The summed E-state index contributed by atoms with van der Waals surface area (Å²) >= 11 is 0. The van der Waals surface area contributed by atoms with Gasteiger partial charge in [0.15, 0.2) is 5.76 Å². The number of hydrogen-bond donors (Lipinski definition) is 1. The van der Waals surface area contributed by atoms with E-state index in [1.165, 1.54) is 6.26 Å². The first-order chi connectivity index (χ1) is 12.7. The Kier molecular flexibility index (Phi) is 4.39. The number of rotatable bonds is 3. The molecule has 1 atom stereocenters. The van der Waals surface area contributed by atoms with Gasteiger partial charge in [-0.15, -0.1) is 0 Å². The molecule has 6 nitrogen and oxygen atoms in total. The van der Waals surface area contributed by atoms with E-state index in [0.717, 1.165) is 23.7 Å². The zero-order valence-electron chi connectivity index (χ0n) is 14.2. The molecule has 0 spiro atoms. The Labute approximate surface area is 150 Å². The van der Waals surface area contributed by atoms with Gasteiger partial charge in [-0.1, -0.05) is 18.2 Å². The van der Waals surface area contributed by atoms with Crippen LogP contribution in [0.2, 0.25) is 0 Å². The van der Waals surface area contributed by atoms with E-state index >= 15 is 0 Å². The number of nitrogens with one attached hydrogen (secondary N) is 1. The van der Waals surface area contributed by atoms with Crippen molar-refractivity contribution in [1.29, 1.82) is 0 Å². The minimum absolute atomic E-state index is 0.107. The largest absolute Gasteiger partial charge is 0.459 e.